The van der Waals surface area contributed by atoms with Crippen LogP contribution in [0.25, 0.3) is 0 Å². The molecule has 1 aliphatic carbocycles. The molecular weight excluding hydrogens is 402 g/mol. The van der Waals surface area contributed by atoms with Crippen molar-refractivity contribution in [2.45, 2.75) is 44.4 Å². The van der Waals surface area contributed by atoms with Crippen LogP contribution in [0.1, 0.15) is 41.2 Å². The molecule has 1 unspecified atom stereocenters. The molecule has 1 heterocycles. The van der Waals surface area contributed by atoms with Gasteiger partial charge in [-0.05, 0) is 55.0 Å². The highest BCUT2D eigenvalue weighted by Gasteiger charge is 2.36. The van der Waals surface area contributed by atoms with Crippen molar-refractivity contribution in [3.63, 3.8) is 0 Å². The van der Waals surface area contributed by atoms with Gasteiger partial charge in [-0.2, -0.15) is 0 Å². The largest absolute Gasteiger partial charge is 0.379 e. The molecule has 174 valence electrons. The number of carbonyl (C=O) groups is 1. The molecule has 0 saturated carbocycles. The zero-order valence-electron chi connectivity index (χ0n) is 19.7. The van der Waals surface area contributed by atoms with Crippen molar-refractivity contribution >= 4 is 12.1 Å². The minimum Gasteiger partial charge on any atom is -0.379 e. The number of aldehydes is 1. The monoisotopic (exact) mass is 439 g/mol. The third-order valence-electron chi connectivity index (χ3n) is 6.20. The van der Waals surface area contributed by atoms with Crippen LogP contribution in [-0.4, -0.2) is 58.3 Å². The lowest BCUT2D eigenvalue weighted by molar-refractivity contribution is -0.107. The van der Waals surface area contributed by atoms with E-state index in [4.69, 9.17) is 14.5 Å². The van der Waals surface area contributed by atoms with Gasteiger partial charge in [0, 0.05) is 43.8 Å². The van der Waals surface area contributed by atoms with Gasteiger partial charge in [0.15, 0.2) is 0 Å². The van der Waals surface area contributed by atoms with E-state index >= 15 is 0 Å². The summed E-state index contributed by atoms with van der Waals surface area (Å²) in [7, 11) is 3.85. The number of anilines is 1. The molecule has 1 aliphatic rings. The van der Waals surface area contributed by atoms with Crippen LogP contribution in [0.3, 0.4) is 0 Å². The average Bonchev–Trinajstić information content (AvgIpc) is 3.14. The van der Waals surface area contributed by atoms with Gasteiger partial charge in [-0.3, -0.25) is 0 Å². The third-order valence-corrected chi connectivity index (χ3v) is 6.20. The Kier molecular flexibility index (Phi) is 9.21. The number of likely N-dealkylation sites (N-methyl/N-ethyl adjacent to an activating group) is 1. The van der Waals surface area contributed by atoms with Crippen molar-refractivity contribution in [1.29, 1.82) is 0 Å². The number of carbonyl (C=O) groups excluding carboxylic acids is 1. The lowest BCUT2D eigenvalue weighted by atomic mass is 9.79. The predicted molar refractivity (Wildman–Crippen MR) is 129 cm³/mol. The van der Waals surface area contributed by atoms with E-state index in [1.54, 1.807) is 0 Å². The lowest BCUT2D eigenvalue weighted by Gasteiger charge is -2.27. The molecule has 0 bridgehead atoms. The van der Waals surface area contributed by atoms with Crippen LogP contribution in [0.5, 0.6) is 0 Å². The average molecular weight is 440 g/mol. The molecule has 1 aromatic heterocycles. The number of aromatic nitrogens is 1. The number of hydrogen-bond donors (Lipinski definition) is 2. The summed E-state index contributed by atoms with van der Waals surface area (Å²) in [6.07, 6.45) is 7.28. The van der Waals surface area contributed by atoms with Gasteiger partial charge < -0.3 is 24.9 Å². The molecule has 32 heavy (non-hydrogen) atoms. The van der Waals surface area contributed by atoms with E-state index in [0.717, 1.165) is 56.5 Å². The topological polar surface area (TPSA) is 72.5 Å². The zero-order chi connectivity index (χ0) is 22.8. The van der Waals surface area contributed by atoms with Gasteiger partial charge in [-0.1, -0.05) is 31.2 Å². The molecule has 0 radical (unpaired) electrons. The SMILES string of the molecule is CNCCOCCOCCCc1cnc(NC)c(C2(C)Cc3ccc(CC=O)cc3C2)c1. The molecular formula is C26H37N3O3. The predicted octanol–water partition coefficient (Wildman–Crippen LogP) is 3.11. The smallest absolute Gasteiger partial charge is 0.129 e. The van der Waals surface area contributed by atoms with Crippen LogP contribution in [0.4, 0.5) is 5.82 Å². The quantitative estimate of drug-likeness (QED) is 0.348. The molecule has 1 atom stereocenters. The number of fused-ring (bicyclic) bond motifs is 1. The van der Waals surface area contributed by atoms with Gasteiger partial charge in [-0.15, -0.1) is 0 Å². The Morgan fingerprint density at radius 1 is 1.03 bits per heavy atom. The molecule has 0 amide bonds. The summed E-state index contributed by atoms with van der Waals surface area (Å²) < 4.78 is 11.2. The first-order valence-corrected chi connectivity index (χ1v) is 11.6. The fraction of sp³-hybridized carbons (Fsp3) is 0.538. The summed E-state index contributed by atoms with van der Waals surface area (Å²) in [4.78, 5) is 15.6. The van der Waals surface area contributed by atoms with Gasteiger partial charge in [0.2, 0.25) is 0 Å². The van der Waals surface area contributed by atoms with Crippen molar-refractivity contribution in [2.24, 2.45) is 0 Å². The first-order chi connectivity index (χ1) is 15.6. The summed E-state index contributed by atoms with van der Waals surface area (Å²) in [6, 6.07) is 8.79. The first kappa shape index (κ1) is 24.4. The van der Waals surface area contributed by atoms with Crippen LogP contribution in [-0.2, 0) is 45.4 Å². The van der Waals surface area contributed by atoms with Gasteiger partial charge in [0.1, 0.15) is 12.1 Å². The highest BCUT2D eigenvalue weighted by Crippen LogP contribution is 2.42. The summed E-state index contributed by atoms with van der Waals surface area (Å²) in [5.74, 6) is 0.951. The Balaban J connectivity index is 1.58. The molecule has 2 N–H and O–H groups in total. The summed E-state index contributed by atoms with van der Waals surface area (Å²) >= 11 is 0. The summed E-state index contributed by atoms with van der Waals surface area (Å²) in [5.41, 5.74) is 6.32. The van der Waals surface area contributed by atoms with Crippen molar-refractivity contribution < 1.29 is 14.3 Å². The van der Waals surface area contributed by atoms with E-state index < -0.39 is 0 Å². The van der Waals surface area contributed by atoms with E-state index in [2.05, 4.69) is 41.8 Å². The van der Waals surface area contributed by atoms with E-state index in [-0.39, 0.29) is 5.41 Å². The number of hydrogen-bond acceptors (Lipinski definition) is 6. The van der Waals surface area contributed by atoms with Crippen molar-refractivity contribution in [3.8, 4) is 0 Å². The molecule has 0 aliphatic heterocycles. The third kappa shape index (κ3) is 6.37. The number of benzene rings is 1. The van der Waals surface area contributed by atoms with Crippen molar-refractivity contribution in [1.82, 2.24) is 10.3 Å². The Hall–Kier alpha value is -2.28. The number of rotatable bonds is 14. The normalized spacial score (nSPS) is 17.3. The van der Waals surface area contributed by atoms with Crippen LogP contribution in [0, 0.1) is 0 Å². The Labute approximate surface area is 192 Å². The minimum absolute atomic E-state index is 0.00925. The molecule has 0 spiro atoms. The number of pyridine rings is 1. The molecule has 6 heteroatoms. The van der Waals surface area contributed by atoms with Crippen LogP contribution in [0.2, 0.25) is 0 Å². The van der Waals surface area contributed by atoms with E-state index in [0.29, 0.717) is 26.2 Å². The number of nitrogens with one attached hydrogen (secondary N) is 2. The van der Waals surface area contributed by atoms with Gasteiger partial charge in [0.05, 0.1) is 19.8 Å². The summed E-state index contributed by atoms with van der Waals surface area (Å²) in [6.45, 7) is 5.90. The van der Waals surface area contributed by atoms with Gasteiger partial charge in [0.25, 0.3) is 0 Å². The van der Waals surface area contributed by atoms with Crippen molar-refractivity contribution in [2.75, 3.05) is 52.4 Å². The highest BCUT2D eigenvalue weighted by atomic mass is 16.5. The first-order valence-electron chi connectivity index (χ1n) is 11.6. The standard InChI is InChI=1S/C26H37N3O3/c1-26(17-22-7-6-20(8-10-30)15-23(22)18-26)24-16-21(19-29-25(24)28-3)5-4-11-31-13-14-32-12-9-27-2/h6-7,10,15-16,19,27H,4-5,8-9,11-14,17-18H2,1-3H3,(H,28,29). The highest BCUT2D eigenvalue weighted by molar-refractivity contribution is 5.57. The number of nitrogens with zero attached hydrogens (tertiary/aromatic N) is 1. The van der Waals surface area contributed by atoms with Crippen LogP contribution in [0.15, 0.2) is 30.5 Å². The molecule has 1 aromatic carbocycles. The van der Waals surface area contributed by atoms with E-state index in [9.17, 15) is 4.79 Å². The Morgan fingerprint density at radius 2 is 1.81 bits per heavy atom. The van der Waals surface area contributed by atoms with E-state index in [1.807, 2.05) is 20.3 Å². The van der Waals surface area contributed by atoms with Gasteiger partial charge in [-0.25, -0.2) is 4.98 Å². The molecule has 0 saturated heterocycles. The number of aryl methyl sites for hydroxylation is 1. The Bertz CT molecular complexity index is 887. The maximum atomic E-state index is 10.9. The second-order valence-corrected chi connectivity index (χ2v) is 8.81. The second-order valence-electron chi connectivity index (χ2n) is 8.81. The fourth-order valence-corrected chi connectivity index (χ4v) is 4.51. The lowest BCUT2D eigenvalue weighted by Crippen LogP contribution is -2.24. The van der Waals surface area contributed by atoms with Gasteiger partial charge >= 0.3 is 0 Å². The maximum absolute atomic E-state index is 10.9. The van der Waals surface area contributed by atoms with Crippen LogP contribution >= 0.6 is 0 Å². The molecule has 3 rings (SSSR count). The molecule has 2 aromatic rings. The summed E-state index contributed by atoms with van der Waals surface area (Å²) in [5, 5.41) is 6.34. The molecule has 6 nitrogen and oxygen atoms in total. The number of ether oxygens (including phenoxy) is 2. The van der Waals surface area contributed by atoms with Crippen molar-refractivity contribution in [3.05, 3.63) is 58.3 Å². The van der Waals surface area contributed by atoms with E-state index in [1.165, 1.54) is 22.3 Å². The second kappa shape index (κ2) is 12.1. The Morgan fingerprint density at radius 3 is 2.56 bits per heavy atom. The maximum Gasteiger partial charge on any atom is 0.129 e. The zero-order valence-corrected chi connectivity index (χ0v) is 19.7. The van der Waals surface area contributed by atoms with Crippen LogP contribution < -0.4 is 10.6 Å². The molecule has 0 fully saturated rings. The fourth-order valence-electron chi connectivity index (χ4n) is 4.51. The minimum atomic E-state index is -0.00925.